The average Bonchev–Trinajstić information content (AvgIpc) is 2.81. The molecule has 186 valence electrons. The summed E-state index contributed by atoms with van der Waals surface area (Å²) in [5, 5.41) is 8.02. The molecule has 35 heavy (non-hydrogen) atoms. The molecule has 1 heterocycles. The number of anilines is 2. The Morgan fingerprint density at radius 2 is 1.89 bits per heavy atom. The molecule has 1 atom stereocenters. The molecule has 3 rings (SSSR count). The van der Waals surface area contributed by atoms with Crippen molar-refractivity contribution >= 4 is 29.4 Å². The van der Waals surface area contributed by atoms with Crippen LogP contribution < -0.4 is 16.0 Å². The Morgan fingerprint density at radius 3 is 2.57 bits per heavy atom. The largest absolute Gasteiger partial charge is 0.462 e. The van der Waals surface area contributed by atoms with Crippen molar-refractivity contribution < 1.29 is 23.5 Å². The van der Waals surface area contributed by atoms with Crippen LogP contribution in [0.1, 0.15) is 45.7 Å². The summed E-state index contributed by atoms with van der Waals surface area (Å²) in [4.78, 5) is 39.8. The van der Waals surface area contributed by atoms with Gasteiger partial charge in [0, 0.05) is 17.9 Å². The van der Waals surface area contributed by atoms with Crippen molar-refractivity contribution in [2.24, 2.45) is 5.92 Å². The Labute approximate surface area is 204 Å². The van der Waals surface area contributed by atoms with Crippen LogP contribution in [0.5, 0.6) is 0 Å². The van der Waals surface area contributed by atoms with Crippen LogP contribution >= 0.6 is 0 Å². The Kier molecular flexibility index (Phi) is 8.46. The number of carbonyl (C=O) groups excluding carboxylic acids is 3. The Morgan fingerprint density at radius 1 is 1.14 bits per heavy atom. The predicted molar refractivity (Wildman–Crippen MR) is 132 cm³/mol. The molecule has 0 bridgehead atoms. The molecule has 0 aliphatic carbocycles. The second kappa shape index (κ2) is 11.5. The number of esters is 1. The number of hydrogen-bond donors (Lipinski definition) is 3. The average molecular weight is 483 g/mol. The van der Waals surface area contributed by atoms with E-state index in [1.54, 1.807) is 37.3 Å². The van der Waals surface area contributed by atoms with Gasteiger partial charge in [-0.1, -0.05) is 45.0 Å². The van der Waals surface area contributed by atoms with Crippen molar-refractivity contribution in [3.05, 3.63) is 71.2 Å². The lowest BCUT2D eigenvalue weighted by molar-refractivity contribution is -0.140. The number of allylic oxidation sites excluding steroid dienone is 1. The minimum absolute atomic E-state index is 0.0467. The first-order chi connectivity index (χ1) is 16.7. The molecule has 1 aliphatic heterocycles. The van der Waals surface area contributed by atoms with E-state index in [0.717, 1.165) is 6.42 Å². The highest BCUT2D eigenvalue weighted by molar-refractivity contribution is 6.00. The van der Waals surface area contributed by atoms with Gasteiger partial charge in [-0.3, -0.25) is 4.90 Å². The quantitative estimate of drug-likeness (QED) is 0.438. The van der Waals surface area contributed by atoms with Crippen LogP contribution in [0.3, 0.4) is 0 Å². The number of ether oxygens (including phenoxy) is 1. The van der Waals surface area contributed by atoms with Gasteiger partial charge in [0.2, 0.25) is 0 Å². The summed E-state index contributed by atoms with van der Waals surface area (Å²) >= 11 is 0. The third-order valence-corrected chi connectivity index (χ3v) is 5.41. The van der Waals surface area contributed by atoms with Crippen LogP contribution in [0.2, 0.25) is 0 Å². The first kappa shape index (κ1) is 25.7. The van der Waals surface area contributed by atoms with Gasteiger partial charge in [0.05, 0.1) is 23.9 Å². The lowest BCUT2D eigenvalue weighted by atomic mass is 9.94. The second-order valence-corrected chi connectivity index (χ2v) is 8.71. The number of halogens is 1. The minimum Gasteiger partial charge on any atom is -0.462 e. The van der Waals surface area contributed by atoms with Crippen LogP contribution in [0, 0.1) is 11.7 Å². The van der Waals surface area contributed by atoms with Gasteiger partial charge in [0.1, 0.15) is 5.82 Å². The normalized spacial score (nSPS) is 15.7. The lowest BCUT2D eigenvalue weighted by Crippen LogP contribution is -2.48. The Bertz CT molecular complexity index is 1130. The standard InChI is InChI=1S/C26H31FN4O4/c1-5-13-31-17(4)22(24(32)35-15-16(2)3)23(30-26(31)34)18-9-8-10-19(14-18)28-25(33)29-21-12-7-6-11-20(21)27/h6-12,14,16,23H,5,13,15H2,1-4H3,(H,30,34)(H2,28,29,33). The topological polar surface area (TPSA) is 99.8 Å². The molecule has 3 N–H and O–H groups in total. The molecular weight excluding hydrogens is 451 g/mol. The van der Waals surface area contributed by atoms with E-state index in [1.165, 1.54) is 23.1 Å². The van der Waals surface area contributed by atoms with Gasteiger partial charge >= 0.3 is 18.0 Å². The predicted octanol–water partition coefficient (Wildman–Crippen LogP) is 5.42. The molecule has 1 aliphatic rings. The van der Waals surface area contributed by atoms with Gasteiger partial charge in [-0.25, -0.2) is 18.8 Å². The van der Waals surface area contributed by atoms with E-state index in [2.05, 4.69) is 16.0 Å². The van der Waals surface area contributed by atoms with Crippen molar-refractivity contribution in [3.8, 4) is 0 Å². The van der Waals surface area contributed by atoms with Crippen molar-refractivity contribution in [3.63, 3.8) is 0 Å². The number of hydrogen-bond acceptors (Lipinski definition) is 4. The molecule has 4 amide bonds. The zero-order valence-electron chi connectivity index (χ0n) is 20.4. The monoisotopic (exact) mass is 482 g/mol. The SMILES string of the molecule is CCCN1C(=O)NC(c2cccc(NC(=O)Nc3ccccc3F)c2)C(C(=O)OCC(C)C)=C1C. The van der Waals surface area contributed by atoms with Crippen LogP contribution in [0.25, 0.3) is 0 Å². The first-order valence-corrected chi connectivity index (χ1v) is 11.6. The highest BCUT2D eigenvalue weighted by Gasteiger charge is 2.36. The smallest absolute Gasteiger partial charge is 0.338 e. The zero-order valence-corrected chi connectivity index (χ0v) is 20.4. The maximum atomic E-state index is 13.9. The number of benzene rings is 2. The van der Waals surface area contributed by atoms with Gasteiger partial charge in [0.15, 0.2) is 0 Å². The lowest BCUT2D eigenvalue weighted by Gasteiger charge is -2.35. The Balaban J connectivity index is 1.88. The molecule has 0 saturated heterocycles. The number of carbonyl (C=O) groups is 3. The van der Waals surface area contributed by atoms with E-state index in [1.807, 2.05) is 20.8 Å². The summed E-state index contributed by atoms with van der Waals surface area (Å²) in [6.45, 7) is 8.28. The molecule has 2 aromatic rings. The molecule has 8 nitrogen and oxygen atoms in total. The van der Waals surface area contributed by atoms with E-state index < -0.39 is 23.9 Å². The summed E-state index contributed by atoms with van der Waals surface area (Å²) < 4.78 is 19.4. The second-order valence-electron chi connectivity index (χ2n) is 8.71. The summed E-state index contributed by atoms with van der Waals surface area (Å²) in [6.07, 6.45) is 0.722. The summed E-state index contributed by atoms with van der Waals surface area (Å²) in [5.74, 6) is -0.898. The third kappa shape index (κ3) is 6.38. The van der Waals surface area contributed by atoms with E-state index in [-0.39, 0.29) is 24.2 Å². The van der Waals surface area contributed by atoms with E-state index in [9.17, 15) is 18.8 Å². The van der Waals surface area contributed by atoms with Crippen molar-refractivity contribution in [2.75, 3.05) is 23.8 Å². The number of nitrogens with zero attached hydrogens (tertiary/aromatic N) is 1. The molecule has 0 radical (unpaired) electrons. The number of rotatable bonds is 8. The third-order valence-electron chi connectivity index (χ3n) is 5.41. The van der Waals surface area contributed by atoms with Crippen molar-refractivity contribution in [1.29, 1.82) is 0 Å². The number of para-hydroxylation sites is 1. The Hall–Kier alpha value is -3.88. The molecule has 0 fully saturated rings. The van der Waals surface area contributed by atoms with E-state index in [0.29, 0.717) is 29.1 Å². The summed E-state index contributed by atoms with van der Waals surface area (Å²) in [6, 6.07) is 10.9. The molecule has 0 aromatic heterocycles. The molecule has 9 heteroatoms. The fourth-order valence-electron chi connectivity index (χ4n) is 3.75. The molecule has 1 unspecified atom stereocenters. The van der Waals surface area contributed by atoms with Crippen LogP contribution in [-0.2, 0) is 9.53 Å². The maximum absolute atomic E-state index is 13.9. The molecular formula is C26H31FN4O4. The molecule has 0 saturated carbocycles. The van der Waals surface area contributed by atoms with Crippen LogP contribution in [0.4, 0.5) is 25.4 Å². The highest BCUT2D eigenvalue weighted by Crippen LogP contribution is 2.32. The van der Waals surface area contributed by atoms with Gasteiger partial charge < -0.3 is 20.7 Å². The zero-order chi connectivity index (χ0) is 25.5. The number of urea groups is 2. The highest BCUT2D eigenvalue weighted by atomic mass is 19.1. The summed E-state index contributed by atoms with van der Waals surface area (Å²) in [7, 11) is 0. The maximum Gasteiger partial charge on any atom is 0.338 e. The van der Waals surface area contributed by atoms with E-state index >= 15 is 0 Å². The molecule has 0 spiro atoms. The van der Waals surface area contributed by atoms with Crippen LogP contribution in [-0.4, -0.2) is 36.1 Å². The van der Waals surface area contributed by atoms with E-state index in [4.69, 9.17) is 4.74 Å². The number of amides is 4. The van der Waals surface area contributed by atoms with Gasteiger partial charge in [0.25, 0.3) is 0 Å². The van der Waals surface area contributed by atoms with Gasteiger partial charge in [-0.15, -0.1) is 0 Å². The van der Waals surface area contributed by atoms with Gasteiger partial charge in [-0.05, 0) is 49.1 Å². The fraction of sp³-hybridized carbons (Fsp3) is 0.346. The summed E-state index contributed by atoms with van der Waals surface area (Å²) in [5.41, 5.74) is 1.92. The fourth-order valence-corrected chi connectivity index (χ4v) is 3.75. The van der Waals surface area contributed by atoms with Crippen molar-refractivity contribution in [1.82, 2.24) is 10.2 Å². The minimum atomic E-state index is -0.758. The number of nitrogens with one attached hydrogen (secondary N) is 3. The van der Waals surface area contributed by atoms with Gasteiger partial charge in [-0.2, -0.15) is 0 Å². The molecule has 2 aromatic carbocycles. The van der Waals surface area contributed by atoms with Crippen molar-refractivity contribution in [2.45, 2.75) is 40.2 Å². The van der Waals surface area contributed by atoms with Crippen LogP contribution in [0.15, 0.2) is 59.8 Å². The first-order valence-electron chi connectivity index (χ1n) is 11.6.